The Morgan fingerprint density at radius 2 is 1.80 bits per heavy atom. The average molecular weight is 229 g/mol. The van der Waals surface area contributed by atoms with Gasteiger partial charge in [0.1, 0.15) is 0 Å². The molecule has 15 heavy (non-hydrogen) atoms. The van der Waals surface area contributed by atoms with Gasteiger partial charge >= 0.3 is 5.97 Å². The van der Waals surface area contributed by atoms with Crippen LogP contribution >= 0.6 is 11.6 Å². The van der Waals surface area contributed by atoms with Crippen LogP contribution < -0.4 is 0 Å². The molecule has 0 aliphatic heterocycles. The zero-order valence-electron chi connectivity index (χ0n) is 8.82. The molecule has 2 nitrogen and oxygen atoms in total. The third-order valence-corrected chi connectivity index (χ3v) is 2.56. The molecule has 0 atom stereocenters. The fourth-order valence-electron chi connectivity index (χ4n) is 1.41. The molecule has 1 aliphatic rings. The predicted octanol–water partition coefficient (Wildman–Crippen LogP) is 3.07. The number of halogens is 1. The van der Waals surface area contributed by atoms with E-state index in [0.717, 1.165) is 31.6 Å². The van der Waals surface area contributed by atoms with Gasteiger partial charge in [0.25, 0.3) is 0 Å². The van der Waals surface area contributed by atoms with E-state index in [4.69, 9.17) is 16.3 Å². The van der Waals surface area contributed by atoms with Gasteiger partial charge in [-0.15, -0.1) is 11.6 Å². The molecular weight excluding hydrogens is 212 g/mol. The summed E-state index contributed by atoms with van der Waals surface area (Å²) in [6.45, 7) is 0.527. The highest BCUT2D eigenvalue weighted by Crippen LogP contribution is 2.11. The van der Waals surface area contributed by atoms with E-state index >= 15 is 0 Å². The number of rotatable bonds is 7. The van der Waals surface area contributed by atoms with E-state index in [1.54, 1.807) is 0 Å². The van der Waals surface area contributed by atoms with Crippen molar-refractivity contribution in [2.45, 2.75) is 25.7 Å². The number of unbranched alkanes of at least 4 members (excludes halogenated alkanes) is 3. The standard InChI is InChI=1S/C12H17ClO2/c13-9-5-1-2-6-10-15-12(14)11-7-3-4-8-11/h3-4,7-8,11H,1-2,5-6,9-10H2. The summed E-state index contributed by atoms with van der Waals surface area (Å²) in [5.74, 6) is 0.419. The first-order valence-corrected chi connectivity index (χ1v) is 5.95. The molecular formula is C12H17ClO2. The second kappa shape index (κ2) is 7.52. The quantitative estimate of drug-likeness (QED) is 0.380. The van der Waals surface area contributed by atoms with E-state index in [-0.39, 0.29) is 11.9 Å². The number of hydrogen-bond donors (Lipinski definition) is 0. The van der Waals surface area contributed by atoms with Crippen LogP contribution in [0.5, 0.6) is 0 Å². The van der Waals surface area contributed by atoms with Crippen LogP contribution in [0, 0.1) is 5.92 Å². The highest BCUT2D eigenvalue weighted by atomic mass is 35.5. The van der Waals surface area contributed by atoms with E-state index in [1.807, 2.05) is 24.3 Å². The Kier molecular flexibility index (Phi) is 6.17. The summed E-state index contributed by atoms with van der Waals surface area (Å²) in [4.78, 5) is 11.4. The maximum atomic E-state index is 11.4. The molecule has 1 rings (SSSR count). The van der Waals surface area contributed by atoms with Crippen LogP contribution in [0.25, 0.3) is 0 Å². The van der Waals surface area contributed by atoms with Gasteiger partial charge in [-0.2, -0.15) is 0 Å². The third-order valence-electron chi connectivity index (χ3n) is 2.29. The van der Waals surface area contributed by atoms with Crippen molar-refractivity contribution in [2.24, 2.45) is 5.92 Å². The SMILES string of the molecule is O=C(OCCCCCCCl)C1C=CC=C1. The van der Waals surface area contributed by atoms with Gasteiger partial charge in [0.05, 0.1) is 12.5 Å². The summed E-state index contributed by atoms with van der Waals surface area (Å²) < 4.78 is 5.13. The second-order valence-corrected chi connectivity index (χ2v) is 3.94. The second-order valence-electron chi connectivity index (χ2n) is 3.57. The fraction of sp³-hybridized carbons (Fsp3) is 0.583. The number of ether oxygens (including phenoxy) is 1. The minimum Gasteiger partial charge on any atom is -0.465 e. The third kappa shape index (κ3) is 5.03. The van der Waals surface area contributed by atoms with Crippen LogP contribution in [-0.2, 0) is 9.53 Å². The average Bonchev–Trinajstić information content (AvgIpc) is 2.76. The lowest BCUT2D eigenvalue weighted by molar-refractivity contribution is -0.145. The number of carbonyl (C=O) groups excluding carboxylic acids is 1. The Balaban J connectivity index is 1.97. The topological polar surface area (TPSA) is 26.3 Å². The molecule has 0 unspecified atom stereocenters. The zero-order valence-corrected chi connectivity index (χ0v) is 9.58. The molecule has 0 aromatic carbocycles. The van der Waals surface area contributed by atoms with Crippen molar-refractivity contribution >= 4 is 17.6 Å². The first-order valence-electron chi connectivity index (χ1n) is 5.42. The number of esters is 1. The molecule has 0 aromatic heterocycles. The van der Waals surface area contributed by atoms with Crippen molar-refractivity contribution in [1.29, 1.82) is 0 Å². The van der Waals surface area contributed by atoms with Gasteiger partial charge in [-0.25, -0.2) is 0 Å². The van der Waals surface area contributed by atoms with Crippen molar-refractivity contribution in [3.63, 3.8) is 0 Å². The zero-order chi connectivity index (χ0) is 10.9. The molecule has 0 aromatic rings. The minimum atomic E-state index is -0.159. The Labute approximate surface area is 95.9 Å². The molecule has 0 spiro atoms. The van der Waals surface area contributed by atoms with Gasteiger partial charge in [0.2, 0.25) is 0 Å². The molecule has 0 saturated heterocycles. The number of hydrogen-bond acceptors (Lipinski definition) is 2. The van der Waals surface area contributed by atoms with E-state index in [1.165, 1.54) is 0 Å². The van der Waals surface area contributed by atoms with Gasteiger partial charge in [-0.1, -0.05) is 37.1 Å². The molecule has 0 fully saturated rings. The Morgan fingerprint density at radius 3 is 2.47 bits per heavy atom. The monoisotopic (exact) mass is 228 g/mol. The first-order chi connectivity index (χ1) is 7.34. The smallest absolute Gasteiger partial charge is 0.316 e. The lowest BCUT2D eigenvalue weighted by Crippen LogP contribution is -2.13. The van der Waals surface area contributed by atoms with Gasteiger partial charge < -0.3 is 4.74 Å². The largest absolute Gasteiger partial charge is 0.465 e. The van der Waals surface area contributed by atoms with Gasteiger partial charge in [-0.3, -0.25) is 4.79 Å². The predicted molar refractivity (Wildman–Crippen MR) is 61.9 cm³/mol. The van der Waals surface area contributed by atoms with Crippen molar-refractivity contribution < 1.29 is 9.53 Å². The van der Waals surface area contributed by atoms with Gasteiger partial charge in [0, 0.05) is 5.88 Å². The molecule has 0 radical (unpaired) electrons. The fourth-order valence-corrected chi connectivity index (χ4v) is 1.60. The molecule has 0 bridgehead atoms. The van der Waals surface area contributed by atoms with Gasteiger partial charge in [0.15, 0.2) is 0 Å². The summed E-state index contributed by atoms with van der Waals surface area (Å²) in [5, 5.41) is 0. The van der Waals surface area contributed by atoms with Crippen LogP contribution in [0.3, 0.4) is 0 Å². The molecule has 0 heterocycles. The van der Waals surface area contributed by atoms with Crippen LogP contribution in [0.4, 0.5) is 0 Å². The Bertz CT molecular complexity index is 234. The lowest BCUT2D eigenvalue weighted by atomic mass is 10.2. The number of alkyl halides is 1. The Hall–Kier alpha value is -0.760. The first kappa shape index (κ1) is 12.3. The molecule has 0 N–H and O–H groups in total. The number of allylic oxidation sites excluding steroid dienone is 2. The van der Waals surface area contributed by atoms with Crippen LogP contribution in [0.15, 0.2) is 24.3 Å². The molecule has 1 aliphatic carbocycles. The van der Waals surface area contributed by atoms with Crippen LogP contribution in [-0.4, -0.2) is 18.5 Å². The lowest BCUT2D eigenvalue weighted by Gasteiger charge is -2.06. The molecule has 3 heteroatoms. The van der Waals surface area contributed by atoms with Crippen molar-refractivity contribution in [3.05, 3.63) is 24.3 Å². The summed E-state index contributed by atoms with van der Waals surface area (Å²) >= 11 is 5.55. The van der Waals surface area contributed by atoms with Crippen molar-refractivity contribution in [2.75, 3.05) is 12.5 Å². The summed E-state index contributed by atoms with van der Waals surface area (Å²) in [7, 11) is 0. The maximum absolute atomic E-state index is 11.4. The summed E-state index contributed by atoms with van der Waals surface area (Å²) in [5.41, 5.74) is 0. The van der Waals surface area contributed by atoms with Crippen molar-refractivity contribution in [1.82, 2.24) is 0 Å². The number of carbonyl (C=O) groups is 1. The highest BCUT2D eigenvalue weighted by molar-refractivity contribution is 6.17. The molecule has 0 saturated carbocycles. The van der Waals surface area contributed by atoms with Gasteiger partial charge in [-0.05, 0) is 12.8 Å². The van der Waals surface area contributed by atoms with E-state index in [2.05, 4.69) is 0 Å². The van der Waals surface area contributed by atoms with E-state index in [9.17, 15) is 4.79 Å². The van der Waals surface area contributed by atoms with Crippen LogP contribution in [0.1, 0.15) is 25.7 Å². The Morgan fingerprint density at radius 1 is 1.13 bits per heavy atom. The van der Waals surface area contributed by atoms with Crippen molar-refractivity contribution in [3.8, 4) is 0 Å². The highest BCUT2D eigenvalue weighted by Gasteiger charge is 2.14. The maximum Gasteiger partial charge on any atom is 0.316 e. The van der Waals surface area contributed by atoms with E-state index in [0.29, 0.717) is 6.61 Å². The summed E-state index contributed by atoms with van der Waals surface area (Å²) in [6.07, 6.45) is 11.6. The molecule has 0 amide bonds. The van der Waals surface area contributed by atoms with E-state index < -0.39 is 0 Å². The van der Waals surface area contributed by atoms with Crippen LogP contribution in [0.2, 0.25) is 0 Å². The summed E-state index contributed by atoms with van der Waals surface area (Å²) in [6, 6.07) is 0. The minimum absolute atomic E-state index is 0.141. The normalized spacial score (nSPS) is 14.7. The molecule has 84 valence electrons.